The quantitative estimate of drug-likeness (QED) is 0.880. The normalized spacial score (nSPS) is 15.8. The largest absolute Gasteiger partial charge is 0.466 e. The van der Waals surface area contributed by atoms with Gasteiger partial charge in [0.25, 0.3) is 0 Å². The Bertz CT molecular complexity index is 782. The highest BCUT2D eigenvalue weighted by Crippen LogP contribution is 2.37. The van der Waals surface area contributed by atoms with Crippen LogP contribution in [0.3, 0.4) is 0 Å². The fraction of sp³-hybridized carbons (Fsp3) is 0.300. The van der Waals surface area contributed by atoms with Crippen molar-refractivity contribution in [1.29, 1.82) is 0 Å². The number of benzene rings is 2. The van der Waals surface area contributed by atoms with Gasteiger partial charge in [0, 0.05) is 11.5 Å². The maximum Gasteiger partial charge on any atom is 0.306 e. The first-order chi connectivity index (χ1) is 11.6. The van der Waals surface area contributed by atoms with Crippen LogP contribution in [0.2, 0.25) is 0 Å². The van der Waals surface area contributed by atoms with Crippen molar-refractivity contribution in [3.8, 4) is 0 Å². The lowest BCUT2D eigenvalue weighted by molar-refractivity contribution is -0.143. The van der Waals surface area contributed by atoms with Crippen molar-refractivity contribution in [2.24, 2.45) is 5.73 Å². The van der Waals surface area contributed by atoms with Crippen molar-refractivity contribution in [1.82, 2.24) is 0 Å². The van der Waals surface area contributed by atoms with Gasteiger partial charge in [-0.05, 0) is 48.1 Å². The second kappa shape index (κ2) is 6.87. The molecule has 0 heterocycles. The van der Waals surface area contributed by atoms with Gasteiger partial charge < -0.3 is 10.5 Å². The van der Waals surface area contributed by atoms with Gasteiger partial charge >= 0.3 is 5.97 Å². The van der Waals surface area contributed by atoms with Gasteiger partial charge in [-0.3, -0.25) is 9.59 Å². The van der Waals surface area contributed by atoms with Gasteiger partial charge in [-0.2, -0.15) is 0 Å². The number of carbonyl (C=O) groups excluding carboxylic acids is 2. The van der Waals surface area contributed by atoms with Crippen LogP contribution < -0.4 is 5.73 Å². The molecule has 1 unspecified atom stereocenters. The Morgan fingerprint density at radius 2 is 1.83 bits per heavy atom. The molecule has 4 heteroatoms. The second-order valence-corrected chi connectivity index (χ2v) is 6.00. The van der Waals surface area contributed by atoms with Crippen molar-refractivity contribution >= 4 is 11.9 Å². The van der Waals surface area contributed by atoms with E-state index in [0.717, 1.165) is 29.5 Å². The molecule has 0 aliphatic heterocycles. The van der Waals surface area contributed by atoms with Crippen LogP contribution >= 0.6 is 0 Å². The van der Waals surface area contributed by atoms with Crippen LogP contribution in [0.15, 0.2) is 42.5 Å². The number of aryl methyl sites for hydroxylation is 1. The molecule has 24 heavy (non-hydrogen) atoms. The smallest absolute Gasteiger partial charge is 0.306 e. The topological polar surface area (TPSA) is 69.4 Å². The summed E-state index contributed by atoms with van der Waals surface area (Å²) in [5.74, 6) is -0.764. The SMILES string of the molecule is CCOC(=O)CC1c2ccccc2CCc2c(C(N)=O)cccc21. The van der Waals surface area contributed by atoms with Gasteiger partial charge in [0.2, 0.25) is 5.91 Å². The fourth-order valence-corrected chi connectivity index (χ4v) is 3.58. The lowest BCUT2D eigenvalue weighted by Gasteiger charge is -2.20. The first-order valence-corrected chi connectivity index (χ1v) is 8.26. The number of carbonyl (C=O) groups is 2. The summed E-state index contributed by atoms with van der Waals surface area (Å²) in [6.07, 6.45) is 1.83. The number of esters is 1. The van der Waals surface area contributed by atoms with Crippen LogP contribution in [-0.2, 0) is 22.4 Å². The van der Waals surface area contributed by atoms with Crippen LogP contribution in [0.4, 0.5) is 0 Å². The molecule has 4 nitrogen and oxygen atoms in total. The standard InChI is InChI=1S/C20H21NO3/c1-2-24-19(22)12-18-14-7-4-3-6-13(14)10-11-16-15(18)8-5-9-17(16)20(21)23/h3-9,18H,2,10-12H2,1H3,(H2,21,23). The monoisotopic (exact) mass is 323 g/mol. The van der Waals surface area contributed by atoms with Gasteiger partial charge in [0.05, 0.1) is 13.0 Å². The van der Waals surface area contributed by atoms with Crippen molar-refractivity contribution in [2.75, 3.05) is 6.61 Å². The van der Waals surface area contributed by atoms with Crippen LogP contribution in [0, 0.1) is 0 Å². The molecule has 1 atom stereocenters. The van der Waals surface area contributed by atoms with E-state index in [-0.39, 0.29) is 18.3 Å². The van der Waals surface area contributed by atoms with Crippen LogP contribution in [0.5, 0.6) is 0 Å². The molecule has 3 rings (SSSR count). The first-order valence-electron chi connectivity index (χ1n) is 8.26. The Balaban J connectivity index is 2.13. The van der Waals surface area contributed by atoms with Gasteiger partial charge in [-0.1, -0.05) is 36.4 Å². The second-order valence-electron chi connectivity index (χ2n) is 6.00. The summed E-state index contributed by atoms with van der Waals surface area (Å²) in [4.78, 5) is 24.0. The van der Waals surface area contributed by atoms with E-state index in [9.17, 15) is 9.59 Å². The number of rotatable bonds is 4. The average Bonchev–Trinajstić information content (AvgIpc) is 2.73. The third kappa shape index (κ3) is 3.04. The van der Waals surface area contributed by atoms with Crippen molar-refractivity contribution in [3.05, 3.63) is 70.3 Å². The molecule has 0 fully saturated rings. The molecule has 2 N–H and O–H groups in total. The Morgan fingerprint density at radius 3 is 2.58 bits per heavy atom. The predicted molar refractivity (Wildman–Crippen MR) is 91.9 cm³/mol. The lowest BCUT2D eigenvalue weighted by atomic mass is 9.84. The molecule has 0 saturated carbocycles. The Morgan fingerprint density at radius 1 is 1.08 bits per heavy atom. The van der Waals surface area contributed by atoms with Crippen molar-refractivity contribution < 1.29 is 14.3 Å². The van der Waals surface area contributed by atoms with Gasteiger partial charge in [-0.15, -0.1) is 0 Å². The third-order valence-corrected chi connectivity index (χ3v) is 4.60. The van der Waals surface area contributed by atoms with Crippen LogP contribution in [0.1, 0.15) is 51.9 Å². The number of fused-ring (bicyclic) bond motifs is 2. The van der Waals surface area contributed by atoms with Crippen molar-refractivity contribution in [3.63, 3.8) is 0 Å². The molecule has 1 amide bonds. The maximum atomic E-state index is 12.1. The summed E-state index contributed by atoms with van der Waals surface area (Å²) >= 11 is 0. The summed E-state index contributed by atoms with van der Waals surface area (Å²) < 4.78 is 5.16. The molecule has 0 aromatic heterocycles. The maximum absolute atomic E-state index is 12.1. The van der Waals surface area contributed by atoms with E-state index < -0.39 is 5.91 Å². The summed E-state index contributed by atoms with van der Waals surface area (Å²) in [5.41, 5.74) is 10.4. The van der Waals surface area contributed by atoms with E-state index >= 15 is 0 Å². The molecule has 1 aliphatic carbocycles. The Labute approximate surface area is 141 Å². The third-order valence-electron chi connectivity index (χ3n) is 4.60. The Hall–Kier alpha value is -2.62. The van der Waals surface area contributed by atoms with E-state index in [4.69, 9.17) is 10.5 Å². The zero-order valence-electron chi connectivity index (χ0n) is 13.7. The molecule has 2 aromatic rings. The van der Waals surface area contributed by atoms with E-state index in [1.54, 1.807) is 13.0 Å². The highest BCUT2D eigenvalue weighted by Gasteiger charge is 2.28. The van der Waals surface area contributed by atoms with Gasteiger partial charge in [0.15, 0.2) is 0 Å². The number of nitrogens with two attached hydrogens (primary N) is 1. The van der Waals surface area contributed by atoms with Gasteiger partial charge in [0.1, 0.15) is 0 Å². The number of hydrogen-bond acceptors (Lipinski definition) is 3. The zero-order chi connectivity index (χ0) is 17.1. The molecule has 0 bridgehead atoms. The minimum absolute atomic E-state index is 0.114. The molecule has 2 aromatic carbocycles. The lowest BCUT2D eigenvalue weighted by Crippen LogP contribution is -2.17. The highest BCUT2D eigenvalue weighted by molar-refractivity contribution is 5.95. The number of primary amides is 1. The first kappa shape index (κ1) is 16.2. The summed E-state index contributed by atoms with van der Waals surface area (Å²) in [5, 5.41) is 0. The predicted octanol–water partition coefficient (Wildman–Crippen LogP) is 2.97. The van der Waals surface area contributed by atoms with Crippen LogP contribution in [-0.4, -0.2) is 18.5 Å². The molecular weight excluding hydrogens is 302 g/mol. The van der Waals surface area contributed by atoms with E-state index in [2.05, 4.69) is 12.1 Å². The van der Waals surface area contributed by atoms with Crippen molar-refractivity contribution in [2.45, 2.75) is 32.1 Å². The van der Waals surface area contributed by atoms with E-state index in [0.29, 0.717) is 12.2 Å². The molecular formula is C20H21NO3. The van der Waals surface area contributed by atoms with Gasteiger partial charge in [-0.25, -0.2) is 0 Å². The zero-order valence-corrected chi connectivity index (χ0v) is 13.7. The van der Waals surface area contributed by atoms with E-state index in [1.807, 2.05) is 24.3 Å². The summed E-state index contributed by atoms with van der Waals surface area (Å²) in [7, 11) is 0. The van der Waals surface area contributed by atoms with E-state index in [1.165, 1.54) is 5.56 Å². The van der Waals surface area contributed by atoms with Crippen LogP contribution in [0.25, 0.3) is 0 Å². The minimum atomic E-state index is -0.423. The summed E-state index contributed by atoms with van der Waals surface area (Å²) in [6.45, 7) is 2.17. The highest BCUT2D eigenvalue weighted by atomic mass is 16.5. The Kier molecular flexibility index (Phi) is 4.65. The number of hydrogen-bond donors (Lipinski definition) is 1. The molecule has 0 radical (unpaired) electrons. The average molecular weight is 323 g/mol. The molecule has 124 valence electrons. The summed E-state index contributed by atoms with van der Waals surface area (Å²) in [6, 6.07) is 13.7. The number of ether oxygens (including phenoxy) is 1. The fourth-order valence-electron chi connectivity index (χ4n) is 3.58. The molecule has 0 saturated heterocycles. The molecule has 1 aliphatic rings. The number of amides is 1. The minimum Gasteiger partial charge on any atom is -0.466 e. The molecule has 0 spiro atoms.